The quantitative estimate of drug-likeness (QED) is 0.911. The maximum Gasteiger partial charge on any atom is 0.287 e. The first kappa shape index (κ1) is 16.0. The topological polar surface area (TPSA) is 71.7 Å². The van der Waals surface area contributed by atoms with Crippen LogP contribution in [0.25, 0.3) is 11.0 Å². The molecule has 1 amide bonds. The lowest BCUT2D eigenvalue weighted by Gasteiger charge is -2.34. The van der Waals surface area contributed by atoms with E-state index in [4.69, 9.17) is 9.15 Å². The fourth-order valence-corrected chi connectivity index (χ4v) is 3.21. The van der Waals surface area contributed by atoms with Crippen LogP contribution in [0.1, 0.15) is 35.4 Å². The summed E-state index contributed by atoms with van der Waals surface area (Å²) in [4.78, 5) is 12.5. The SMILES string of the molecule is CO[C@@H]1CCC[C@@H](NC(=O)c2oc3c(F)cccc3c2C)[C@H]1O. The van der Waals surface area contributed by atoms with Gasteiger partial charge in [-0.25, -0.2) is 4.39 Å². The number of para-hydroxylation sites is 1. The predicted molar refractivity (Wildman–Crippen MR) is 82.8 cm³/mol. The second-order valence-electron chi connectivity index (χ2n) is 5.95. The van der Waals surface area contributed by atoms with Crippen molar-refractivity contribution in [1.82, 2.24) is 5.32 Å². The number of hydrogen-bond acceptors (Lipinski definition) is 4. The summed E-state index contributed by atoms with van der Waals surface area (Å²) >= 11 is 0. The standard InChI is InChI=1S/C17H20FNO4/c1-9-10-5-3-6-11(18)16(10)23-15(9)17(21)19-12-7-4-8-13(22-2)14(12)20/h3,5-6,12-14,20H,4,7-8H2,1-2H3,(H,19,21)/t12-,13-,14-/m1/s1. The van der Waals surface area contributed by atoms with Crippen molar-refractivity contribution in [2.24, 2.45) is 0 Å². The van der Waals surface area contributed by atoms with E-state index in [1.165, 1.54) is 6.07 Å². The van der Waals surface area contributed by atoms with Gasteiger partial charge in [-0.15, -0.1) is 0 Å². The van der Waals surface area contributed by atoms with Crippen LogP contribution in [0.15, 0.2) is 22.6 Å². The summed E-state index contributed by atoms with van der Waals surface area (Å²) in [6.07, 6.45) is 1.23. The maximum absolute atomic E-state index is 13.8. The molecule has 23 heavy (non-hydrogen) atoms. The molecule has 0 aliphatic heterocycles. The van der Waals surface area contributed by atoms with Crippen molar-refractivity contribution in [3.63, 3.8) is 0 Å². The lowest BCUT2D eigenvalue weighted by atomic mass is 9.90. The number of fused-ring (bicyclic) bond motifs is 1. The number of aliphatic hydroxyl groups excluding tert-OH is 1. The molecular weight excluding hydrogens is 301 g/mol. The summed E-state index contributed by atoms with van der Waals surface area (Å²) in [6, 6.07) is 4.18. The van der Waals surface area contributed by atoms with Gasteiger partial charge in [-0.05, 0) is 32.3 Å². The molecule has 1 saturated carbocycles. The molecule has 1 heterocycles. The van der Waals surface area contributed by atoms with Gasteiger partial charge in [0.05, 0.1) is 12.1 Å². The summed E-state index contributed by atoms with van der Waals surface area (Å²) < 4.78 is 24.4. The highest BCUT2D eigenvalue weighted by Gasteiger charge is 2.34. The van der Waals surface area contributed by atoms with Crippen LogP contribution in [0.3, 0.4) is 0 Å². The number of amides is 1. The number of methoxy groups -OCH3 is 1. The highest BCUT2D eigenvalue weighted by Crippen LogP contribution is 2.28. The minimum atomic E-state index is -0.765. The Morgan fingerprint density at radius 2 is 2.22 bits per heavy atom. The number of rotatable bonds is 3. The van der Waals surface area contributed by atoms with Gasteiger partial charge in [0.2, 0.25) is 0 Å². The van der Waals surface area contributed by atoms with Crippen molar-refractivity contribution < 1.29 is 23.4 Å². The Morgan fingerprint density at radius 3 is 2.91 bits per heavy atom. The van der Waals surface area contributed by atoms with Crippen LogP contribution in [0.2, 0.25) is 0 Å². The molecule has 0 saturated heterocycles. The largest absolute Gasteiger partial charge is 0.448 e. The molecule has 1 aromatic carbocycles. The van der Waals surface area contributed by atoms with E-state index >= 15 is 0 Å². The van der Waals surface area contributed by atoms with Crippen molar-refractivity contribution in [1.29, 1.82) is 0 Å². The number of aryl methyl sites for hydroxylation is 1. The molecule has 0 spiro atoms. The van der Waals surface area contributed by atoms with Crippen molar-refractivity contribution in [3.8, 4) is 0 Å². The minimum Gasteiger partial charge on any atom is -0.448 e. The van der Waals surface area contributed by atoms with Crippen LogP contribution in [0, 0.1) is 12.7 Å². The highest BCUT2D eigenvalue weighted by atomic mass is 19.1. The molecule has 0 radical (unpaired) electrons. The predicted octanol–water partition coefficient (Wildman–Crippen LogP) is 2.54. The first-order chi connectivity index (χ1) is 11.0. The van der Waals surface area contributed by atoms with Crippen molar-refractivity contribution in [2.75, 3.05) is 7.11 Å². The van der Waals surface area contributed by atoms with E-state index in [0.29, 0.717) is 17.4 Å². The van der Waals surface area contributed by atoms with E-state index in [1.807, 2.05) is 0 Å². The number of carbonyl (C=O) groups excluding carboxylic acids is 1. The average molecular weight is 321 g/mol. The zero-order chi connectivity index (χ0) is 16.6. The molecule has 3 atom stereocenters. The van der Waals surface area contributed by atoms with Gasteiger partial charge >= 0.3 is 0 Å². The van der Waals surface area contributed by atoms with E-state index in [-0.39, 0.29) is 17.4 Å². The van der Waals surface area contributed by atoms with Gasteiger partial charge in [-0.2, -0.15) is 0 Å². The third kappa shape index (κ3) is 2.84. The third-order valence-corrected chi connectivity index (χ3v) is 4.54. The zero-order valence-corrected chi connectivity index (χ0v) is 13.1. The molecule has 1 aliphatic rings. The molecule has 0 unspecified atom stereocenters. The van der Waals surface area contributed by atoms with Crippen LogP contribution >= 0.6 is 0 Å². The highest BCUT2D eigenvalue weighted by molar-refractivity contribution is 5.99. The molecule has 2 N–H and O–H groups in total. The molecule has 1 aliphatic carbocycles. The monoisotopic (exact) mass is 321 g/mol. The summed E-state index contributed by atoms with van der Waals surface area (Å²) in [5.41, 5.74) is 0.666. The molecule has 0 bridgehead atoms. The second-order valence-corrected chi connectivity index (χ2v) is 5.95. The summed E-state index contributed by atoms with van der Waals surface area (Å²) in [7, 11) is 1.55. The third-order valence-electron chi connectivity index (χ3n) is 4.54. The van der Waals surface area contributed by atoms with E-state index in [0.717, 1.165) is 12.8 Å². The lowest BCUT2D eigenvalue weighted by Crippen LogP contribution is -2.51. The van der Waals surface area contributed by atoms with E-state index in [2.05, 4.69) is 5.32 Å². The van der Waals surface area contributed by atoms with Crippen LogP contribution in [0.5, 0.6) is 0 Å². The van der Waals surface area contributed by atoms with Crippen LogP contribution in [-0.4, -0.2) is 36.4 Å². The van der Waals surface area contributed by atoms with Gasteiger partial charge in [0.1, 0.15) is 6.10 Å². The van der Waals surface area contributed by atoms with Crippen LogP contribution < -0.4 is 5.32 Å². The van der Waals surface area contributed by atoms with E-state index in [9.17, 15) is 14.3 Å². The Labute approximate surface area is 133 Å². The molecule has 3 rings (SSSR count). The Bertz CT molecular complexity index is 727. The lowest BCUT2D eigenvalue weighted by molar-refractivity contribution is -0.0514. The van der Waals surface area contributed by atoms with Crippen LogP contribution in [0.4, 0.5) is 4.39 Å². The molecular formula is C17H20FNO4. The zero-order valence-electron chi connectivity index (χ0n) is 13.1. The number of nitrogens with one attached hydrogen (secondary N) is 1. The number of aliphatic hydroxyl groups is 1. The fraction of sp³-hybridized carbons (Fsp3) is 0.471. The smallest absolute Gasteiger partial charge is 0.287 e. The van der Waals surface area contributed by atoms with E-state index < -0.39 is 23.9 Å². The molecule has 1 aromatic heterocycles. The number of halogens is 1. The van der Waals surface area contributed by atoms with Gasteiger partial charge in [-0.1, -0.05) is 12.1 Å². The minimum absolute atomic E-state index is 0.0779. The second kappa shape index (κ2) is 6.29. The van der Waals surface area contributed by atoms with Gasteiger partial charge in [0.15, 0.2) is 17.2 Å². The normalized spacial score (nSPS) is 24.8. The van der Waals surface area contributed by atoms with Gasteiger partial charge in [0, 0.05) is 18.1 Å². The van der Waals surface area contributed by atoms with Crippen LogP contribution in [-0.2, 0) is 4.74 Å². The number of furan rings is 1. The van der Waals surface area contributed by atoms with Gasteiger partial charge in [0.25, 0.3) is 5.91 Å². The first-order valence-corrected chi connectivity index (χ1v) is 7.72. The Hall–Kier alpha value is -1.92. The summed E-state index contributed by atoms with van der Waals surface area (Å²) in [5, 5.41) is 13.6. The van der Waals surface area contributed by atoms with Gasteiger partial charge < -0.3 is 19.6 Å². The molecule has 6 heteroatoms. The summed E-state index contributed by atoms with van der Waals surface area (Å²) in [6.45, 7) is 1.72. The molecule has 2 aromatic rings. The fourth-order valence-electron chi connectivity index (χ4n) is 3.21. The molecule has 124 valence electrons. The molecule has 5 nitrogen and oxygen atoms in total. The van der Waals surface area contributed by atoms with Gasteiger partial charge in [-0.3, -0.25) is 4.79 Å². The Kier molecular flexibility index (Phi) is 4.37. The van der Waals surface area contributed by atoms with E-state index in [1.54, 1.807) is 26.2 Å². The Balaban J connectivity index is 1.84. The summed E-state index contributed by atoms with van der Waals surface area (Å²) in [5.74, 6) is -0.863. The first-order valence-electron chi connectivity index (χ1n) is 7.72. The Morgan fingerprint density at radius 1 is 1.43 bits per heavy atom. The number of carbonyl (C=O) groups is 1. The van der Waals surface area contributed by atoms with Crippen molar-refractivity contribution in [3.05, 3.63) is 35.3 Å². The average Bonchev–Trinajstić information content (AvgIpc) is 2.88. The number of benzene rings is 1. The van der Waals surface area contributed by atoms with Crippen molar-refractivity contribution in [2.45, 2.75) is 44.4 Å². The number of hydrogen-bond donors (Lipinski definition) is 2. The molecule has 1 fully saturated rings. The van der Waals surface area contributed by atoms with Crippen molar-refractivity contribution >= 4 is 16.9 Å². The maximum atomic E-state index is 13.8. The number of ether oxygens (including phenoxy) is 1.